The van der Waals surface area contributed by atoms with Crippen LogP contribution < -0.4 is 10.5 Å². The van der Waals surface area contributed by atoms with Gasteiger partial charge in [-0.3, -0.25) is 0 Å². The summed E-state index contributed by atoms with van der Waals surface area (Å²) in [5.41, 5.74) is 7.53. The lowest BCUT2D eigenvalue weighted by molar-refractivity contribution is -0.0622. The molecule has 5 rings (SSSR count). The minimum Gasteiger partial charge on any atom is -0.494 e. The Morgan fingerprint density at radius 2 is 1.55 bits per heavy atom. The van der Waals surface area contributed by atoms with Crippen molar-refractivity contribution in [3.63, 3.8) is 0 Å². The van der Waals surface area contributed by atoms with Gasteiger partial charge in [-0.15, -0.1) is 0 Å². The van der Waals surface area contributed by atoms with Crippen molar-refractivity contribution in [3.8, 4) is 5.75 Å². The smallest absolute Gasteiger partial charge is 0.119 e. The van der Waals surface area contributed by atoms with Gasteiger partial charge in [-0.25, -0.2) is 0 Å². The van der Waals surface area contributed by atoms with E-state index in [2.05, 4.69) is 24.3 Å². The summed E-state index contributed by atoms with van der Waals surface area (Å²) in [7, 11) is 0. The number of hydrogen-bond donors (Lipinski definition) is 1. The van der Waals surface area contributed by atoms with Crippen molar-refractivity contribution in [1.29, 1.82) is 0 Å². The molecular formula is C20H29NO. The van der Waals surface area contributed by atoms with Crippen molar-refractivity contribution in [2.24, 2.45) is 28.9 Å². The second-order valence-corrected chi connectivity index (χ2v) is 8.20. The van der Waals surface area contributed by atoms with Crippen molar-refractivity contribution >= 4 is 0 Å². The van der Waals surface area contributed by atoms with Gasteiger partial charge in [-0.1, -0.05) is 12.1 Å². The van der Waals surface area contributed by atoms with Crippen LogP contribution in [0.3, 0.4) is 0 Å². The third-order valence-electron chi connectivity index (χ3n) is 6.42. The molecule has 120 valence electrons. The molecular weight excluding hydrogens is 270 g/mol. The molecule has 4 saturated carbocycles. The van der Waals surface area contributed by atoms with Gasteiger partial charge in [0.15, 0.2) is 0 Å². The van der Waals surface area contributed by atoms with Crippen LogP contribution in [0.15, 0.2) is 24.3 Å². The van der Waals surface area contributed by atoms with Gasteiger partial charge in [0, 0.05) is 0 Å². The molecule has 0 aliphatic heterocycles. The van der Waals surface area contributed by atoms with Gasteiger partial charge in [0.1, 0.15) is 5.75 Å². The van der Waals surface area contributed by atoms with E-state index in [0.29, 0.717) is 12.0 Å². The number of nitrogens with two attached hydrogens (primary N) is 1. The predicted molar refractivity (Wildman–Crippen MR) is 89.9 cm³/mol. The maximum atomic E-state index is 6.05. The first-order valence-electron chi connectivity index (χ1n) is 9.16. The van der Waals surface area contributed by atoms with Gasteiger partial charge in [-0.05, 0) is 98.8 Å². The van der Waals surface area contributed by atoms with Gasteiger partial charge >= 0.3 is 0 Å². The lowest BCUT2D eigenvalue weighted by Gasteiger charge is -2.57. The second kappa shape index (κ2) is 5.88. The molecule has 1 aromatic carbocycles. The second-order valence-electron chi connectivity index (χ2n) is 8.20. The third-order valence-corrected chi connectivity index (χ3v) is 6.42. The molecule has 4 aliphatic carbocycles. The van der Waals surface area contributed by atoms with E-state index in [-0.39, 0.29) is 0 Å². The van der Waals surface area contributed by atoms with Crippen LogP contribution in [0.5, 0.6) is 5.75 Å². The summed E-state index contributed by atoms with van der Waals surface area (Å²) in [6.07, 6.45) is 11.3. The normalized spacial score (nSPS) is 35.8. The highest BCUT2D eigenvalue weighted by Crippen LogP contribution is 2.61. The van der Waals surface area contributed by atoms with E-state index in [0.717, 1.165) is 36.5 Å². The van der Waals surface area contributed by atoms with Crippen molar-refractivity contribution in [3.05, 3.63) is 29.8 Å². The van der Waals surface area contributed by atoms with E-state index in [1.54, 1.807) is 0 Å². The first-order chi connectivity index (χ1) is 10.7. The van der Waals surface area contributed by atoms with E-state index >= 15 is 0 Å². The summed E-state index contributed by atoms with van der Waals surface area (Å²) in [4.78, 5) is 0. The number of hydrogen-bond acceptors (Lipinski definition) is 2. The Hall–Kier alpha value is -1.02. The molecule has 4 aliphatic rings. The van der Waals surface area contributed by atoms with Gasteiger partial charge in [-0.2, -0.15) is 0 Å². The van der Waals surface area contributed by atoms with Crippen LogP contribution in [0.2, 0.25) is 0 Å². The summed E-state index contributed by atoms with van der Waals surface area (Å²) in [6, 6.07) is 8.50. The lowest BCUT2D eigenvalue weighted by atomic mass is 9.49. The summed E-state index contributed by atoms with van der Waals surface area (Å²) >= 11 is 0. The average Bonchev–Trinajstić information content (AvgIpc) is 2.48. The first-order valence-corrected chi connectivity index (χ1v) is 9.16. The lowest BCUT2D eigenvalue weighted by Crippen LogP contribution is -2.46. The zero-order chi connectivity index (χ0) is 15.0. The molecule has 0 heterocycles. The zero-order valence-corrected chi connectivity index (χ0v) is 13.6. The van der Waals surface area contributed by atoms with Crippen molar-refractivity contribution in [2.45, 2.75) is 51.4 Å². The Morgan fingerprint density at radius 1 is 0.955 bits per heavy atom. The Morgan fingerprint density at radius 3 is 2.09 bits per heavy atom. The molecule has 4 bridgehead atoms. The molecule has 0 radical (unpaired) electrons. The molecule has 2 nitrogen and oxygen atoms in total. The Bertz CT molecular complexity index is 472. The van der Waals surface area contributed by atoms with Crippen LogP contribution >= 0.6 is 0 Å². The topological polar surface area (TPSA) is 35.2 Å². The predicted octanol–water partition coefficient (Wildman–Crippen LogP) is 4.17. The minimum absolute atomic E-state index is 0.633. The molecule has 0 saturated heterocycles. The SMILES string of the molecule is NCCc1ccc(OCCC23CC4CC(CC(C4)C2)C3)cc1. The van der Waals surface area contributed by atoms with Crippen LogP contribution in [-0.4, -0.2) is 13.2 Å². The highest BCUT2D eigenvalue weighted by molar-refractivity contribution is 5.27. The largest absolute Gasteiger partial charge is 0.494 e. The van der Waals surface area contributed by atoms with E-state index in [9.17, 15) is 0 Å². The fourth-order valence-electron chi connectivity index (χ4n) is 5.90. The fraction of sp³-hybridized carbons (Fsp3) is 0.700. The maximum absolute atomic E-state index is 6.05. The van der Waals surface area contributed by atoms with Crippen molar-refractivity contribution in [1.82, 2.24) is 0 Å². The molecule has 0 unspecified atom stereocenters. The van der Waals surface area contributed by atoms with Gasteiger partial charge in [0.05, 0.1) is 6.61 Å². The van der Waals surface area contributed by atoms with Crippen molar-refractivity contribution < 1.29 is 4.74 Å². The molecule has 0 aromatic heterocycles. The maximum Gasteiger partial charge on any atom is 0.119 e. The molecule has 2 N–H and O–H groups in total. The molecule has 4 fully saturated rings. The van der Waals surface area contributed by atoms with Gasteiger partial charge in [0.2, 0.25) is 0 Å². The minimum atomic E-state index is 0.633. The van der Waals surface area contributed by atoms with Crippen LogP contribution in [0, 0.1) is 23.2 Å². The first kappa shape index (κ1) is 14.6. The molecule has 2 heteroatoms. The Labute approximate surface area is 134 Å². The molecule has 0 atom stereocenters. The van der Waals surface area contributed by atoms with Crippen LogP contribution in [0.1, 0.15) is 50.5 Å². The highest BCUT2D eigenvalue weighted by atomic mass is 16.5. The Balaban J connectivity index is 1.31. The number of rotatable bonds is 6. The summed E-state index contributed by atoms with van der Waals surface area (Å²) in [5.74, 6) is 4.15. The standard InChI is InChI=1S/C20H29NO/c21-7-5-15-1-3-19(4-2-15)22-8-6-20-12-16-9-17(13-20)11-18(10-16)14-20/h1-4,16-18H,5-14,21H2. The average molecular weight is 299 g/mol. The molecule has 0 amide bonds. The van der Waals surface area contributed by atoms with Gasteiger partial charge in [0.25, 0.3) is 0 Å². The number of benzene rings is 1. The van der Waals surface area contributed by atoms with Crippen molar-refractivity contribution in [2.75, 3.05) is 13.2 Å². The van der Waals surface area contributed by atoms with Crippen LogP contribution in [0.4, 0.5) is 0 Å². The quantitative estimate of drug-likeness (QED) is 0.855. The van der Waals surface area contributed by atoms with E-state index in [1.165, 1.54) is 50.5 Å². The van der Waals surface area contributed by atoms with E-state index < -0.39 is 0 Å². The van der Waals surface area contributed by atoms with E-state index in [1.807, 2.05) is 0 Å². The van der Waals surface area contributed by atoms with Crippen LogP contribution in [-0.2, 0) is 6.42 Å². The van der Waals surface area contributed by atoms with E-state index in [4.69, 9.17) is 10.5 Å². The molecule has 22 heavy (non-hydrogen) atoms. The number of ether oxygens (including phenoxy) is 1. The Kier molecular flexibility index (Phi) is 3.89. The fourth-order valence-corrected chi connectivity index (χ4v) is 5.90. The zero-order valence-electron chi connectivity index (χ0n) is 13.6. The third kappa shape index (κ3) is 2.90. The highest BCUT2D eigenvalue weighted by Gasteiger charge is 2.50. The molecule has 0 spiro atoms. The molecule has 1 aromatic rings. The van der Waals surface area contributed by atoms with Crippen LogP contribution in [0.25, 0.3) is 0 Å². The monoisotopic (exact) mass is 299 g/mol. The summed E-state index contributed by atoms with van der Waals surface area (Å²) < 4.78 is 6.05. The summed E-state index contributed by atoms with van der Waals surface area (Å²) in [5, 5.41) is 0. The summed E-state index contributed by atoms with van der Waals surface area (Å²) in [6.45, 7) is 1.61. The van der Waals surface area contributed by atoms with Gasteiger partial charge < -0.3 is 10.5 Å².